The minimum Gasteiger partial charge on any atom is -0.492 e. The molecule has 2 aliphatic heterocycles. The summed E-state index contributed by atoms with van der Waals surface area (Å²) in [5, 5.41) is 9.58. The first-order valence-electron chi connectivity index (χ1n) is 5.67. The van der Waals surface area contributed by atoms with Crippen molar-refractivity contribution in [1.82, 2.24) is 15.0 Å². The van der Waals surface area contributed by atoms with Crippen LogP contribution in [0.4, 0.5) is 13.2 Å². The molecule has 0 aliphatic carbocycles. The molecule has 1 aromatic rings. The number of halogens is 3. The monoisotopic (exact) mass is 279 g/mol. The normalized spacial score (nSPS) is 11.9. The predicted octanol–water partition coefficient (Wildman–Crippen LogP) is 3.30. The Morgan fingerprint density at radius 2 is 1.75 bits per heavy atom. The SMILES string of the molecule is Oc1nc(C(F)(F)F)[nH]c2cc(-c3ccccc3)nc1-2. The molecule has 2 heterocycles. The van der Waals surface area contributed by atoms with Crippen molar-refractivity contribution in [2.24, 2.45) is 0 Å². The summed E-state index contributed by atoms with van der Waals surface area (Å²) >= 11 is 0. The number of rotatable bonds is 1. The van der Waals surface area contributed by atoms with Gasteiger partial charge in [-0.3, -0.25) is 0 Å². The van der Waals surface area contributed by atoms with E-state index >= 15 is 0 Å². The number of nitrogens with zero attached hydrogens (tertiary/aromatic N) is 2. The molecule has 0 saturated heterocycles. The third-order valence-electron chi connectivity index (χ3n) is 2.79. The number of aromatic nitrogens is 3. The summed E-state index contributed by atoms with van der Waals surface area (Å²) in [4.78, 5) is 9.33. The Balaban J connectivity index is 2.17. The fourth-order valence-electron chi connectivity index (χ4n) is 1.89. The van der Waals surface area contributed by atoms with Crippen molar-refractivity contribution in [3.05, 3.63) is 42.2 Å². The second-order valence-electron chi connectivity index (χ2n) is 4.18. The van der Waals surface area contributed by atoms with Gasteiger partial charge < -0.3 is 10.1 Å². The van der Waals surface area contributed by atoms with E-state index in [0.717, 1.165) is 5.56 Å². The average molecular weight is 279 g/mol. The molecule has 1 aromatic carbocycles. The molecule has 0 spiro atoms. The lowest BCUT2D eigenvalue weighted by molar-refractivity contribution is -0.145. The minimum absolute atomic E-state index is 0.0110. The van der Waals surface area contributed by atoms with Crippen LogP contribution in [-0.2, 0) is 6.18 Å². The number of alkyl halides is 3. The lowest BCUT2D eigenvalue weighted by Gasteiger charge is -2.08. The van der Waals surface area contributed by atoms with E-state index in [4.69, 9.17) is 0 Å². The molecule has 0 unspecified atom stereocenters. The van der Waals surface area contributed by atoms with Gasteiger partial charge in [0, 0.05) is 5.56 Å². The highest BCUT2D eigenvalue weighted by Gasteiger charge is 2.36. The maximum atomic E-state index is 12.6. The molecule has 20 heavy (non-hydrogen) atoms. The third-order valence-corrected chi connectivity index (χ3v) is 2.79. The number of aromatic amines is 1. The standard InChI is InChI=1S/C13H8F3N3O/c14-13(15,16)12-18-9-6-8(7-4-2-1-3-5-7)17-10(9)11(20)19-12/h1-6,20H,(H,18,19). The number of hydrogen-bond donors (Lipinski definition) is 2. The summed E-state index contributed by atoms with van der Waals surface area (Å²) in [5.41, 5.74) is 1.30. The Kier molecular flexibility index (Phi) is 2.63. The fraction of sp³-hybridized carbons (Fsp3) is 0.0769. The summed E-state index contributed by atoms with van der Waals surface area (Å²) < 4.78 is 37.8. The van der Waals surface area contributed by atoms with Crippen LogP contribution in [0.15, 0.2) is 36.4 Å². The van der Waals surface area contributed by atoms with Gasteiger partial charge in [0.05, 0.1) is 11.4 Å². The second-order valence-corrected chi connectivity index (χ2v) is 4.18. The van der Waals surface area contributed by atoms with E-state index in [9.17, 15) is 18.3 Å². The zero-order chi connectivity index (χ0) is 14.3. The van der Waals surface area contributed by atoms with Crippen molar-refractivity contribution in [3.8, 4) is 28.5 Å². The molecule has 2 N–H and O–H groups in total. The van der Waals surface area contributed by atoms with Gasteiger partial charge in [-0.05, 0) is 6.07 Å². The van der Waals surface area contributed by atoms with Gasteiger partial charge in [-0.15, -0.1) is 0 Å². The molecular formula is C13H8F3N3O. The Morgan fingerprint density at radius 1 is 1.05 bits per heavy atom. The highest BCUT2D eigenvalue weighted by Crippen LogP contribution is 2.35. The molecule has 102 valence electrons. The van der Waals surface area contributed by atoms with E-state index < -0.39 is 17.9 Å². The lowest BCUT2D eigenvalue weighted by atomic mass is 10.1. The Labute approximate surface area is 111 Å². The summed E-state index contributed by atoms with van der Waals surface area (Å²) in [6.45, 7) is 0. The van der Waals surface area contributed by atoms with Gasteiger partial charge in [-0.25, -0.2) is 4.98 Å². The molecule has 0 radical (unpaired) electrons. The van der Waals surface area contributed by atoms with E-state index in [0.29, 0.717) is 5.69 Å². The van der Waals surface area contributed by atoms with E-state index in [2.05, 4.69) is 15.0 Å². The number of aromatic hydroxyl groups is 1. The van der Waals surface area contributed by atoms with Crippen LogP contribution < -0.4 is 0 Å². The van der Waals surface area contributed by atoms with Crippen LogP contribution in [0.5, 0.6) is 5.88 Å². The first kappa shape index (κ1) is 12.5. The van der Waals surface area contributed by atoms with Crippen molar-refractivity contribution in [2.75, 3.05) is 0 Å². The van der Waals surface area contributed by atoms with Crippen LogP contribution in [0.25, 0.3) is 22.6 Å². The van der Waals surface area contributed by atoms with Gasteiger partial charge >= 0.3 is 6.18 Å². The maximum Gasteiger partial charge on any atom is 0.449 e. The molecule has 4 nitrogen and oxygen atoms in total. The first-order valence-corrected chi connectivity index (χ1v) is 5.67. The van der Waals surface area contributed by atoms with Crippen molar-refractivity contribution in [3.63, 3.8) is 0 Å². The molecule has 0 aromatic heterocycles. The van der Waals surface area contributed by atoms with Gasteiger partial charge in [-0.1, -0.05) is 30.3 Å². The Bertz CT molecular complexity index is 722. The lowest BCUT2D eigenvalue weighted by Crippen LogP contribution is -2.11. The predicted molar refractivity (Wildman–Crippen MR) is 65.1 cm³/mol. The second kappa shape index (κ2) is 4.22. The molecule has 0 saturated carbocycles. The van der Waals surface area contributed by atoms with E-state index in [-0.39, 0.29) is 11.4 Å². The minimum atomic E-state index is -4.66. The molecule has 0 fully saturated rings. The number of nitrogens with one attached hydrogen (secondary N) is 1. The summed E-state index contributed by atoms with van der Waals surface area (Å²) in [6, 6.07) is 10.4. The molecule has 2 aliphatic rings. The van der Waals surface area contributed by atoms with E-state index in [1.165, 1.54) is 6.07 Å². The van der Waals surface area contributed by atoms with Gasteiger partial charge in [-0.2, -0.15) is 18.2 Å². The van der Waals surface area contributed by atoms with Crippen LogP contribution >= 0.6 is 0 Å². The largest absolute Gasteiger partial charge is 0.492 e. The van der Waals surface area contributed by atoms with Crippen molar-refractivity contribution in [2.45, 2.75) is 6.18 Å². The molecule has 7 heteroatoms. The van der Waals surface area contributed by atoms with Crippen LogP contribution in [0.1, 0.15) is 5.82 Å². The first-order chi connectivity index (χ1) is 9.45. The van der Waals surface area contributed by atoms with Crippen molar-refractivity contribution in [1.29, 1.82) is 0 Å². The summed E-state index contributed by atoms with van der Waals surface area (Å²) in [6.07, 6.45) is -4.66. The topological polar surface area (TPSA) is 61.8 Å². The third kappa shape index (κ3) is 2.07. The summed E-state index contributed by atoms with van der Waals surface area (Å²) in [7, 11) is 0. The van der Waals surface area contributed by atoms with Gasteiger partial charge in [0.1, 0.15) is 5.69 Å². The van der Waals surface area contributed by atoms with Crippen LogP contribution in [0, 0.1) is 0 Å². The van der Waals surface area contributed by atoms with Gasteiger partial charge in [0.25, 0.3) is 0 Å². The quantitative estimate of drug-likeness (QED) is 0.718. The van der Waals surface area contributed by atoms with E-state index in [1.807, 2.05) is 6.07 Å². The Morgan fingerprint density at radius 3 is 2.40 bits per heavy atom. The van der Waals surface area contributed by atoms with Crippen LogP contribution in [-0.4, -0.2) is 20.1 Å². The zero-order valence-corrected chi connectivity index (χ0v) is 9.94. The molecule has 0 amide bonds. The highest BCUT2D eigenvalue weighted by molar-refractivity contribution is 5.73. The number of fused-ring (bicyclic) bond motifs is 1. The zero-order valence-electron chi connectivity index (χ0n) is 9.94. The smallest absolute Gasteiger partial charge is 0.449 e. The van der Waals surface area contributed by atoms with Gasteiger partial charge in [0.2, 0.25) is 11.7 Å². The average Bonchev–Trinajstić information content (AvgIpc) is 2.83. The van der Waals surface area contributed by atoms with Gasteiger partial charge in [0.15, 0.2) is 0 Å². The van der Waals surface area contributed by atoms with Crippen molar-refractivity contribution < 1.29 is 18.3 Å². The fourth-order valence-corrected chi connectivity index (χ4v) is 1.89. The molecule has 0 atom stereocenters. The maximum absolute atomic E-state index is 12.6. The summed E-state index contributed by atoms with van der Waals surface area (Å²) in [5.74, 6) is -2.00. The molecule has 0 bridgehead atoms. The van der Waals surface area contributed by atoms with Crippen LogP contribution in [0.2, 0.25) is 0 Å². The molecular weight excluding hydrogens is 271 g/mol. The highest BCUT2D eigenvalue weighted by atomic mass is 19.4. The molecule has 3 rings (SSSR count). The van der Waals surface area contributed by atoms with Crippen molar-refractivity contribution >= 4 is 0 Å². The van der Waals surface area contributed by atoms with Crippen LogP contribution in [0.3, 0.4) is 0 Å². The van der Waals surface area contributed by atoms with E-state index in [1.54, 1.807) is 24.3 Å². The number of benzene rings is 1. The number of hydrogen-bond acceptors (Lipinski definition) is 3. The Hall–Kier alpha value is -2.57. The number of H-pyrrole nitrogens is 1.